The number of nitrogens with zero attached hydrogens (tertiary/aromatic N) is 1. The first-order valence-electron chi connectivity index (χ1n) is 10.2. The summed E-state index contributed by atoms with van der Waals surface area (Å²) in [7, 11) is 1.58. The van der Waals surface area contributed by atoms with Crippen molar-refractivity contribution in [2.45, 2.75) is 25.5 Å². The second kappa shape index (κ2) is 9.41. The minimum absolute atomic E-state index is 0.0548. The average Bonchev–Trinajstić information content (AvgIpc) is 3.28. The number of aromatic amines is 1. The summed E-state index contributed by atoms with van der Waals surface area (Å²) in [5.41, 5.74) is 1.44. The molecule has 0 saturated carbocycles. The van der Waals surface area contributed by atoms with Crippen molar-refractivity contribution in [3.63, 3.8) is 0 Å². The van der Waals surface area contributed by atoms with E-state index in [0.29, 0.717) is 40.7 Å². The van der Waals surface area contributed by atoms with Crippen molar-refractivity contribution < 1.29 is 14.3 Å². The van der Waals surface area contributed by atoms with Crippen LogP contribution in [0.5, 0.6) is 5.75 Å². The van der Waals surface area contributed by atoms with E-state index in [9.17, 15) is 9.59 Å². The van der Waals surface area contributed by atoms with Crippen LogP contribution in [0.25, 0.3) is 10.9 Å². The Morgan fingerprint density at radius 1 is 1.29 bits per heavy atom. The fourth-order valence-corrected chi connectivity index (χ4v) is 3.87. The van der Waals surface area contributed by atoms with Crippen molar-refractivity contribution in [2.24, 2.45) is 0 Å². The molecule has 2 N–H and O–H groups in total. The number of fused-ring (bicyclic) bond motifs is 1. The molecule has 8 heteroatoms. The molecule has 1 aromatic heterocycles. The third-order valence-electron chi connectivity index (χ3n) is 5.34. The highest BCUT2D eigenvalue weighted by Gasteiger charge is 2.24. The Balaban J connectivity index is 1.60. The van der Waals surface area contributed by atoms with Gasteiger partial charge in [-0.3, -0.25) is 4.79 Å². The number of hydrogen-bond donors (Lipinski definition) is 2. The van der Waals surface area contributed by atoms with Crippen LogP contribution in [0.15, 0.2) is 53.3 Å². The molecule has 2 aromatic carbocycles. The van der Waals surface area contributed by atoms with Crippen LogP contribution in [0, 0.1) is 0 Å². The van der Waals surface area contributed by atoms with Gasteiger partial charge in [-0.2, -0.15) is 0 Å². The Morgan fingerprint density at radius 2 is 2.13 bits per heavy atom. The zero-order chi connectivity index (χ0) is 21.8. The lowest BCUT2D eigenvalue weighted by Crippen LogP contribution is -2.40. The number of para-hydroxylation sites is 1. The number of nitrogens with one attached hydrogen (secondary N) is 2. The fourth-order valence-electron chi connectivity index (χ4n) is 3.69. The summed E-state index contributed by atoms with van der Waals surface area (Å²) in [5, 5.41) is 4.16. The van der Waals surface area contributed by atoms with Gasteiger partial charge in [-0.05, 0) is 48.6 Å². The maximum Gasteiger partial charge on any atom is 0.322 e. The lowest BCUT2D eigenvalue weighted by atomic mass is 10.1. The molecule has 1 aliphatic heterocycles. The molecule has 2 heterocycles. The van der Waals surface area contributed by atoms with Gasteiger partial charge in [-0.25, -0.2) is 4.79 Å². The van der Waals surface area contributed by atoms with Crippen LogP contribution in [0.2, 0.25) is 5.02 Å². The Kier molecular flexibility index (Phi) is 6.44. The molecule has 1 atom stereocenters. The molecule has 0 bridgehead atoms. The second-order valence-corrected chi connectivity index (χ2v) is 7.91. The zero-order valence-corrected chi connectivity index (χ0v) is 17.9. The summed E-state index contributed by atoms with van der Waals surface area (Å²) in [4.78, 5) is 30.3. The Hall–Kier alpha value is -3.03. The number of hydrogen-bond acceptors (Lipinski definition) is 4. The van der Waals surface area contributed by atoms with Gasteiger partial charge in [0, 0.05) is 24.8 Å². The topological polar surface area (TPSA) is 83.7 Å². The largest absolute Gasteiger partial charge is 0.497 e. The van der Waals surface area contributed by atoms with Crippen molar-refractivity contribution in [2.75, 3.05) is 25.6 Å². The van der Waals surface area contributed by atoms with E-state index in [4.69, 9.17) is 21.1 Å². The average molecular weight is 442 g/mol. The van der Waals surface area contributed by atoms with Crippen LogP contribution in [0.4, 0.5) is 10.5 Å². The van der Waals surface area contributed by atoms with E-state index in [0.717, 1.165) is 18.2 Å². The van der Waals surface area contributed by atoms with Gasteiger partial charge in [-0.15, -0.1) is 0 Å². The summed E-state index contributed by atoms with van der Waals surface area (Å²) in [6, 6.07) is 14.0. The van der Waals surface area contributed by atoms with E-state index in [-0.39, 0.29) is 24.2 Å². The summed E-state index contributed by atoms with van der Waals surface area (Å²) in [6.45, 7) is 1.22. The van der Waals surface area contributed by atoms with Gasteiger partial charge in [-0.1, -0.05) is 23.7 Å². The third kappa shape index (κ3) is 5.00. The van der Waals surface area contributed by atoms with E-state index >= 15 is 0 Å². The number of rotatable bonds is 6. The molecule has 0 unspecified atom stereocenters. The second-order valence-electron chi connectivity index (χ2n) is 7.50. The number of halogens is 1. The van der Waals surface area contributed by atoms with Crippen molar-refractivity contribution in [3.05, 3.63) is 69.5 Å². The number of benzene rings is 2. The molecule has 4 rings (SSSR count). The van der Waals surface area contributed by atoms with Gasteiger partial charge in [0.1, 0.15) is 5.75 Å². The Morgan fingerprint density at radius 3 is 2.87 bits per heavy atom. The van der Waals surface area contributed by atoms with Crippen LogP contribution >= 0.6 is 11.6 Å². The minimum Gasteiger partial charge on any atom is -0.497 e. The first-order valence-corrected chi connectivity index (χ1v) is 10.5. The molecule has 0 radical (unpaired) electrons. The van der Waals surface area contributed by atoms with Gasteiger partial charge in [0.15, 0.2) is 0 Å². The molecule has 3 aromatic rings. The van der Waals surface area contributed by atoms with Crippen LogP contribution in [-0.4, -0.2) is 42.3 Å². The van der Waals surface area contributed by atoms with Gasteiger partial charge < -0.3 is 24.7 Å². The number of H-pyrrole nitrogens is 1. The van der Waals surface area contributed by atoms with E-state index in [1.165, 1.54) is 0 Å². The van der Waals surface area contributed by atoms with Gasteiger partial charge >= 0.3 is 6.03 Å². The fraction of sp³-hybridized carbons (Fsp3) is 0.304. The normalized spacial score (nSPS) is 15.7. The van der Waals surface area contributed by atoms with Crippen molar-refractivity contribution >= 4 is 34.2 Å². The minimum atomic E-state index is -0.335. The number of carbonyl (C=O) groups is 1. The number of pyridine rings is 1. The predicted molar refractivity (Wildman–Crippen MR) is 121 cm³/mol. The highest BCUT2D eigenvalue weighted by atomic mass is 35.5. The zero-order valence-electron chi connectivity index (χ0n) is 17.2. The summed E-state index contributed by atoms with van der Waals surface area (Å²) in [6.07, 6.45) is 1.79. The number of aromatic nitrogens is 1. The molecule has 2 amide bonds. The molecular formula is C23H24ClN3O4. The van der Waals surface area contributed by atoms with Crippen molar-refractivity contribution in [3.8, 4) is 5.75 Å². The molecule has 162 valence electrons. The van der Waals surface area contributed by atoms with Gasteiger partial charge in [0.05, 0.1) is 36.0 Å². The number of methoxy groups -OCH3 is 1. The quantitative estimate of drug-likeness (QED) is 0.593. The number of ether oxygens (including phenoxy) is 2. The molecule has 7 nitrogen and oxygen atoms in total. The molecular weight excluding hydrogens is 418 g/mol. The van der Waals surface area contributed by atoms with Crippen LogP contribution in [0.1, 0.15) is 18.4 Å². The molecule has 1 aliphatic rings. The maximum absolute atomic E-state index is 13.1. The standard InChI is InChI=1S/C23H24ClN3O4/c1-30-17-9-8-15-11-16(22(28)25-21(15)12-17)13-27(14-18-5-4-10-31-18)23(29)26-20-7-3-2-6-19(20)24/h2-3,6-9,11-12,18H,4-5,10,13-14H2,1H3,(H,25,28)(H,26,29)/t18-/m0/s1. The lowest BCUT2D eigenvalue weighted by Gasteiger charge is -2.26. The van der Waals surface area contributed by atoms with Crippen molar-refractivity contribution in [1.29, 1.82) is 0 Å². The Labute approximate surface area is 184 Å². The van der Waals surface area contributed by atoms with E-state index in [2.05, 4.69) is 10.3 Å². The number of carbonyl (C=O) groups excluding carboxylic acids is 1. The van der Waals surface area contributed by atoms with Crippen molar-refractivity contribution in [1.82, 2.24) is 9.88 Å². The molecule has 1 saturated heterocycles. The number of anilines is 1. The molecule has 0 aliphatic carbocycles. The van der Waals surface area contributed by atoms with E-state index < -0.39 is 0 Å². The van der Waals surface area contributed by atoms with E-state index in [1.807, 2.05) is 12.1 Å². The highest BCUT2D eigenvalue weighted by Crippen LogP contribution is 2.23. The summed E-state index contributed by atoms with van der Waals surface area (Å²) < 4.78 is 10.9. The molecule has 0 spiro atoms. The van der Waals surface area contributed by atoms with Crippen LogP contribution < -0.4 is 15.6 Å². The monoisotopic (exact) mass is 441 g/mol. The predicted octanol–water partition coefficient (Wildman–Crippen LogP) is 4.40. The number of urea groups is 1. The van der Waals surface area contributed by atoms with Gasteiger partial charge in [0.2, 0.25) is 0 Å². The van der Waals surface area contributed by atoms with E-state index in [1.54, 1.807) is 48.4 Å². The van der Waals surface area contributed by atoms with Gasteiger partial charge in [0.25, 0.3) is 5.56 Å². The number of amides is 2. The summed E-state index contributed by atoms with van der Waals surface area (Å²) in [5.74, 6) is 0.662. The maximum atomic E-state index is 13.1. The van der Waals surface area contributed by atoms with Crippen LogP contribution in [-0.2, 0) is 11.3 Å². The smallest absolute Gasteiger partial charge is 0.322 e. The summed E-state index contributed by atoms with van der Waals surface area (Å²) >= 11 is 6.20. The lowest BCUT2D eigenvalue weighted by molar-refractivity contribution is 0.0818. The first-order chi connectivity index (χ1) is 15.0. The Bertz CT molecular complexity index is 1140. The first kappa shape index (κ1) is 21.2. The third-order valence-corrected chi connectivity index (χ3v) is 5.67. The van der Waals surface area contributed by atoms with Crippen LogP contribution in [0.3, 0.4) is 0 Å². The molecule has 1 fully saturated rings. The SMILES string of the molecule is COc1ccc2cc(CN(C[C@@H]3CCCO3)C(=O)Nc3ccccc3Cl)c(=O)[nH]c2c1. The molecule has 31 heavy (non-hydrogen) atoms. The highest BCUT2D eigenvalue weighted by molar-refractivity contribution is 6.33.